The first-order valence-electron chi connectivity index (χ1n) is 7.88. The van der Waals surface area contributed by atoms with Crippen LogP contribution in [0.4, 0.5) is 9.52 Å². The smallest absolute Gasteiger partial charge is 0.227 e. The van der Waals surface area contributed by atoms with Gasteiger partial charge in [-0.05, 0) is 24.6 Å². The van der Waals surface area contributed by atoms with Crippen molar-refractivity contribution in [2.45, 2.75) is 6.42 Å². The first-order valence-corrected chi connectivity index (χ1v) is 8.70. The highest BCUT2D eigenvalue weighted by molar-refractivity contribution is 7.22. The molecule has 0 N–H and O–H groups in total. The summed E-state index contributed by atoms with van der Waals surface area (Å²) in [4.78, 5) is 21.2. The summed E-state index contributed by atoms with van der Waals surface area (Å²) in [6, 6.07) is 4.65. The van der Waals surface area contributed by atoms with Crippen molar-refractivity contribution < 1.29 is 13.9 Å². The van der Waals surface area contributed by atoms with Gasteiger partial charge in [0.2, 0.25) is 5.91 Å². The number of amides is 1. The van der Waals surface area contributed by atoms with Crippen molar-refractivity contribution in [3.05, 3.63) is 24.0 Å². The molecule has 0 radical (unpaired) electrons. The van der Waals surface area contributed by atoms with Crippen molar-refractivity contribution in [1.82, 2.24) is 9.88 Å². The number of carbonyl (C=O) groups is 1. The van der Waals surface area contributed by atoms with E-state index in [1.807, 2.05) is 4.90 Å². The molecule has 7 heteroatoms. The van der Waals surface area contributed by atoms with Crippen LogP contribution in [-0.4, -0.2) is 55.2 Å². The molecule has 4 rings (SSSR count). The number of thiazole rings is 1. The SMILES string of the molecule is O=C(C1CCN(c2nc3ccc(F)cc3s2)C1)N1CCOCC1. The van der Waals surface area contributed by atoms with E-state index in [1.165, 1.54) is 23.5 Å². The quantitative estimate of drug-likeness (QED) is 0.843. The summed E-state index contributed by atoms with van der Waals surface area (Å²) in [6.07, 6.45) is 0.848. The van der Waals surface area contributed by atoms with Crippen molar-refractivity contribution >= 4 is 32.6 Å². The summed E-state index contributed by atoms with van der Waals surface area (Å²) >= 11 is 1.49. The van der Waals surface area contributed by atoms with E-state index in [-0.39, 0.29) is 17.6 Å². The fourth-order valence-corrected chi connectivity index (χ4v) is 4.22. The molecule has 0 aliphatic carbocycles. The van der Waals surface area contributed by atoms with Crippen molar-refractivity contribution in [2.24, 2.45) is 5.92 Å². The summed E-state index contributed by atoms with van der Waals surface area (Å²) in [7, 11) is 0. The first kappa shape index (κ1) is 14.8. The van der Waals surface area contributed by atoms with E-state index in [0.717, 1.165) is 28.3 Å². The molecule has 23 heavy (non-hydrogen) atoms. The Labute approximate surface area is 137 Å². The van der Waals surface area contributed by atoms with Crippen LogP contribution in [-0.2, 0) is 9.53 Å². The maximum Gasteiger partial charge on any atom is 0.227 e. The summed E-state index contributed by atoms with van der Waals surface area (Å²) in [5.41, 5.74) is 0.814. The second-order valence-corrected chi connectivity index (χ2v) is 6.99. The van der Waals surface area contributed by atoms with Crippen LogP contribution in [0.3, 0.4) is 0 Å². The Morgan fingerprint density at radius 2 is 2.13 bits per heavy atom. The molecule has 0 spiro atoms. The molecule has 2 aliphatic heterocycles. The third kappa shape index (κ3) is 2.90. The van der Waals surface area contributed by atoms with Crippen molar-refractivity contribution in [1.29, 1.82) is 0 Å². The van der Waals surface area contributed by atoms with Crippen LogP contribution in [0.5, 0.6) is 0 Å². The highest BCUT2D eigenvalue weighted by Gasteiger charge is 2.33. The Hall–Kier alpha value is -1.73. The lowest BCUT2D eigenvalue weighted by molar-refractivity contribution is -0.138. The van der Waals surface area contributed by atoms with Gasteiger partial charge in [-0.1, -0.05) is 11.3 Å². The third-order valence-electron chi connectivity index (χ3n) is 4.47. The highest BCUT2D eigenvalue weighted by Crippen LogP contribution is 2.33. The molecule has 1 aromatic carbocycles. The monoisotopic (exact) mass is 335 g/mol. The van der Waals surface area contributed by atoms with Gasteiger partial charge in [0.1, 0.15) is 5.82 Å². The molecule has 0 saturated carbocycles. The number of ether oxygens (including phenoxy) is 1. The van der Waals surface area contributed by atoms with E-state index in [9.17, 15) is 9.18 Å². The van der Waals surface area contributed by atoms with Gasteiger partial charge in [-0.25, -0.2) is 9.37 Å². The maximum absolute atomic E-state index is 13.3. The van der Waals surface area contributed by atoms with Crippen LogP contribution in [0.15, 0.2) is 18.2 Å². The van der Waals surface area contributed by atoms with Gasteiger partial charge in [0.05, 0.1) is 29.3 Å². The van der Waals surface area contributed by atoms with Crippen molar-refractivity contribution in [3.63, 3.8) is 0 Å². The zero-order valence-corrected chi connectivity index (χ0v) is 13.5. The van der Waals surface area contributed by atoms with Gasteiger partial charge in [0.25, 0.3) is 0 Å². The molecule has 2 aliphatic rings. The predicted octanol–water partition coefficient (Wildman–Crippen LogP) is 2.12. The Morgan fingerprint density at radius 1 is 1.30 bits per heavy atom. The fourth-order valence-electron chi connectivity index (χ4n) is 3.20. The van der Waals surface area contributed by atoms with Gasteiger partial charge in [-0.3, -0.25) is 4.79 Å². The number of carbonyl (C=O) groups excluding carboxylic acids is 1. The van der Waals surface area contributed by atoms with Crippen LogP contribution >= 0.6 is 11.3 Å². The molecule has 122 valence electrons. The van der Waals surface area contributed by atoms with Crippen molar-refractivity contribution in [2.75, 3.05) is 44.3 Å². The third-order valence-corrected chi connectivity index (χ3v) is 5.55. The second-order valence-electron chi connectivity index (χ2n) is 5.98. The van der Waals surface area contributed by atoms with Gasteiger partial charge in [-0.2, -0.15) is 0 Å². The van der Waals surface area contributed by atoms with Crippen LogP contribution in [0.2, 0.25) is 0 Å². The summed E-state index contributed by atoms with van der Waals surface area (Å²) in [5.74, 6) is 0.00861. The molecule has 1 amide bonds. The zero-order chi connectivity index (χ0) is 15.8. The molecule has 0 bridgehead atoms. The lowest BCUT2D eigenvalue weighted by Crippen LogP contribution is -2.44. The minimum atomic E-state index is -0.241. The standard InChI is InChI=1S/C16H18FN3O2S/c17-12-1-2-13-14(9-12)23-16(18-13)20-4-3-11(10-20)15(21)19-5-7-22-8-6-19/h1-2,9,11H,3-8,10H2. The number of nitrogens with zero attached hydrogens (tertiary/aromatic N) is 3. The molecular formula is C16H18FN3O2S. The van der Waals surface area contributed by atoms with Crippen LogP contribution in [0.25, 0.3) is 10.2 Å². The number of aromatic nitrogens is 1. The largest absolute Gasteiger partial charge is 0.378 e. The summed E-state index contributed by atoms with van der Waals surface area (Å²) < 4.78 is 19.5. The lowest BCUT2D eigenvalue weighted by Gasteiger charge is -2.29. The van der Waals surface area contributed by atoms with Crippen LogP contribution in [0.1, 0.15) is 6.42 Å². The van der Waals surface area contributed by atoms with E-state index < -0.39 is 0 Å². The van der Waals surface area contributed by atoms with Gasteiger partial charge in [-0.15, -0.1) is 0 Å². The lowest BCUT2D eigenvalue weighted by atomic mass is 10.1. The molecule has 1 aromatic heterocycles. The Morgan fingerprint density at radius 3 is 2.96 bits per heavy atom. The molecule has 1 atom stereocenters. The number of rotatable bonds is 2. The minimum absolute atomic E-state index is 0.0249. The van der Waals surface area contributed by atoms with Crippen LogP contribution in [0, 0.1) is 11.7 Å². The average Bonchev–Trinajstić information content (AvgIpc) is 3.21. The Bertz CT molecular complexity index is 729. The fraction of sp³-hybridized carbons (Fsp3) is 0.500. The van der Waals surface area contributed by atoms with E-state index in [4.69, 9.17) is 4.74 Å². The molecule has 3 heterocycles. The first-order chi connectivity index (χ1) is 11.2. The van der Waals surface area contributed by atoms with Crippen LogP contribution < -0.4 is 4.90 Å². The molecule has 2 fully saturated rings. The number of fused-ring (bicyclic) bond motifs is 1. The van der Waals surface area contributed by atoms with E-state index in [2.05, 4.69) is 9.88 Å². The second kappa shape index (κ2) is 6.05. The van der Waals surface area contributed by atoms with E-state index >= 15 is 0 Å². The Kier molecular flexibility index (Phi) is 3.90. The van der Waals surface area contributed by atoms with Gasteiger partial charge in [0, 0.05) is 26.2 Å². The minimum Gasteiger partial charge on any atom is -0.378 e. The highest BCUT2D eigenvalue weighted by atomic mass is 32.1. The maximum atomic E-state index is 13.3. The zero-order valence-electron chi connectivity index (χ0n) is 12.7. The summed E-state index contributed by atoms with van der Waals surface area (Å²) in [6.45, 7) is 4.16. The van der Waals surface area contributed by atoms with Crippen molar-refractivity contribution in [3.8, 4) is 0 Å². The number of hydrogen-bond acceptors (Lipinski definition) is 5. The van der Waals surface area contributed by atoms with E-state index in [0.29, 0.717) is 32.8 Å². The Balaban J connectivity index is 1.47. The molecule has 2 aromatic rings. The van der Waals surface area contributed by atoms with Gasteiger partial charge >= 0.3 is 0 Å². The van der Waals surface area contributed by atoms with Gasteiger partial charge < -0.3 is 14.5 Å². The van der Waals surface area contributed by atoms with E-state index in [1.54, 1.807) is 6.07 Å². The topological polar surface area (TPSA) is 45.7 Å². The number of anilines is 1. The molecule has 5 nitrogen and oxygen atoms in total. The van der Waals surface area contributed by atoms with Gasteiger partial charge in [0.15, 0.2) is 5.13 Å². The normalized spacial score (nSPS) is 22.0. The number of morpholine rings is 1. The number of hydrogen-bond donors (Lipinski definition) is 0. The molecular weight excluding hydrogens is 317 g/mol. The predicted molar refractivity (Wildman–Crippen MR) is 87.3 cm³/mol. The average molecular weight is 335 g/mol. The molecule has 2 saturated heterocycles. The number of halogens is 1. The molecule has 1 unspecified atom stereocenters. The number of benzene rings is 1. The summed E-state index contributed by atoms with van der Waals surface area (Å²) in [5, 5.41) is 0.878.